The molecule has 0 amide bonds. The van der Waals surface area contributed by atoms with E-state index in [-0.39, 0.29) is 5.54 Å². The molecule has 1 aliphatic rings. The Hall–Kier alpha value is -0.420. The van der Waals surface area contributed by atoms with Gasteiger partial charge in [-0.05, 0) is 44.2 Å². The van der Waals surface area contributed by atoms with Crippen molar-refractivity contribution >= 4 is 11.3 Å². The number of ether oxygens (including phenoxy) is 1. The molecule has 1 fully saturated rings. The van der Waals surface area contributed by atoms with Crippen LogP contribution in [-0.2, 0) is 11.2 Å². The first-order valence-corrected chi connectivity index (χ1v) is 9.17. The molecule has 0 aromatic carbocycles. The molecule has 1 N–H and O–H groups in total. The molecule has 0 saturated carbocycles. The molecule has 0 bridgehead atoms. The van der Waals surface area contributed by atoms with E-state index < -0.39 is 0 Å². The van der Waals surface area contributed by atoms with E-state index in [0.29, 0.717) is 6.04 Å². The SMILES string of the molecule is CCCNC(Cc1cccs1)C(C)(CC)N1CCOCC1. The van der Waals surface area contributed by atoms with Crippen molar-refractivity contribution in [3.05, 3.63) is 22.4 Å². The van der Waals surface area contributed by atoms with Crippen molar-refractivity contribution in [3.8, 4) is 0 Å². The van der Waals surface area contributed by atoms with E-state index in [1.807, 2.05) is 11.3 Å². The maximum atomic E-state index is 5.55. The van der Waals surface area contributed by atoms with Crippen LogP contribution in [0.2, 0.25) is 0 Å². The highest BCUT2D eigenvalue weighted by Crippen LogP contribution is 2.28. The van der Waals surface area contributed by atoms with Gasteiger partial charge in [-0.3, -0.25) is 4.90 Å². The molecule has 1 saturated heterocycles. The highest BCUT2D eigenvalue weighted by atomic mass is 32.1. The van der Waals surface area contributed by atoms with Crippen LogP contribution in [0.15, 0.2) is 17.5 Å². The Kier molecular flexibility index (Phi) is 6.68. The average molecular weight is 311 g/mol. The van der Waals surface area contributed by atoms with Crippen molar-refractivity contribution in [2.24, 2.45) is 0 Å². The Morgan fingerprint density at radius 1 is 1.38 bits per heavy atom. The largest absolute Gasteiger partial charge is 0.379 e. The van der Waals surface area contributed by atoms with Crippen LogP contribution in [0.5, 0.6) is 0 Å². The fourth-order valence-corrected chi connectivity index (χ4v) is 3.98. The van der Waals surface area contributed by atoms with Crippen LogP contribution < -0.4 is 5.32 Å². The molecule has 120 valence electrons. The van der Waals surface area contributed by atoms with Gasteiger partial charge in [0.1, 0.15) is 0 Å². The van der Waals surface area contributed by atoms with Crippen LogP contribution in [-0.4, -0.2) is 49.3 Å². The molecule has 21 heavy (non-hydrogen) atoms. The minimum absolute atomic E-state index is 0.197. The minimum atomic E-state index is 0.197. The zero-order chi connectivity index (χ0) is 15.1. The zero-order valence-corrected chi connectivity index (χ0v) is 14.5. The number of hydrogen-bond donors (Lipinski definition) is 1. The van der Waals surface area contributed by atoms with Gasteiger partial charge in [-0.2, -0.15) is 0 Å². The van der Waals surface area contributed by atoms with E-state index in [4.69, 9.17) is 4.74 Å². The van der Waals surface area contributed by atoms with Gasteiger partial charge >= 0.3 is 0 Å². The maximum absolute atomic E-state index is 5.55. The van der Waals surface area contributed by atoms with E-state index in [9.17, 15) is 0 Å². The molecule has 0 radical (unpaired) electrons. The van der Waals surface area contributed by atoms with E-state index in [1.165, 1.54) is 17.7 Å². The van der Waals surface area contributed by atoms with Gasteiger partial charge in [0.15, 0.2) is 0 Å². The first-order chi connectivity index (χ1) is 10.2. The predicted octanol–water partition coefficient (Wildman–Crippen LogP) is 3.16. The molecule has 3 nitrogen and oxygen atoms in total. The Balaban J connectivity index is 2.13. The summed E-state index contributed by atoms with van der Waals surface area (Å²) in [5.74, 6) is 0. The standard InChI is InChI=1S/C17H30N2OS/c1-4-8-18-16(14-15-7-6-13-21-15)17(3,5-2)19-9-11-20-12-10-19/h6-7,13,16,18H,4-5,8-12,14H2,1-3H3. The third-order valence-electron chi connectivity index (χ3n) is 4.83. The highest BCUT2D eigenvalue weighted by molar-refractivity contribution is 7.09. The van der Waals surface area contributed by atoms with E-state index in [2.05, 4.69) is 48.5 Å². The number of thiophene rings is 1. The molecular weight excluding hydrogens is 280 g/mol. The molecule has 2 rings (SSSR count). The van der Waals surface area contributed by atoms with Crippen LogP contribution in [0.4, 0.5) is 0 Å². The van der Waals surface area contributed by atoms with Crippen LogP contribution in [0.25, 0.3) is 0 Å². The van der Waals surface area contributed by atoms with Gasteiger partial charge in [0.25, 0.3) is 0 Å². The third kappa shape index (κ3) is 4.28. The predicted molar refractivity (Wildman–Crippen MR) is 91.2 cm³/mol. The Bertz CT molecular complexity index is 390. The van der Waals surface area contributed by atoms with Crippen molar-refractivity contribution in [1.29, 1.82) is 0 Å². The van der Waals surface area contributed by atoms with Crippen molar-refractivity contribution in [2.75, 3.05) is 32.8 Å². The summed E-state index contributed by atoms with van der Waals surface area (Å²) in [4.78, 5) is 4.12. The number of morpholine rings is 1. The highest BCUT2D eigenvalue weighted by Gasteiger charge is 2.38. The second-order valence-corrected chi connectivity index (χ2v) is 7.13. The van der Waals surface area contributed by atoms with Gasteiger partial charge in [0.05, 0.1) is 13.2 Å². The number of nitrogens with zero attached hydrogens (tertiary/aromatic N) is 1. The molecule has 4 heteroatoms. The minimum Gasteiger partial charge on any atom is -0.379 e. The lowest BCUT2D eigenvalue weighted by Gasteiger charge is -2.48. The summed E-state index contributed by atoms with van der Waals surface area (Å²) in [7, 11) is 0. The molecule has 2 atom stereocenters. The van der Waals surface area contributed by atoms with Gasteiger partial charge in [0.2, 0.25) is 0 Å². The zero-order valence-electron chi connectivity index (χ0n) is 13.7. The second-order valence-electron chi connectivity index (χ2n) is 6.10. The second kappa shape index (κ2) is 8.28. The molecule has 1 aromatic heterocycles. The van der Waals surface area contributed by atoms with Gasteiger partial charge in [-0.25, -0.2) is 0 Å². The van der Waals surface area contributed by atoms with E-state index in [1.54, 1.807) is 0 Å². The van der Waals surface area contributed by atoms with Crippen molar-refractivity contribution in [1.82, 2.24) is 10.2 Å². The quantitative estimate of drug-likeness (QED) is 0.798. The molecule has 0 aliphatic carbocycles. The monoisotopic (exact) mass is 310 g/mol. The Morgan fingerprint density at radius 2 is 2.14 bits per heavy atom. The summed E-state index contributed by atoms with van der Waals surface area (Å²) in [5, 5.41) is 6.01. The van der Waals surface area contributed by atoms with Crippen LogP contribution in [0.3, 0.4) is 0 Å². The van der Waals surface area contributed by atoms with Crippen molar-refractivity contribution < 1.29 is 4.74 Å². The summed E-state index contributed by atoms with van der Waals surface area (Å²) in [6.07, 6.45) is 3.48. The number of rotatable bonds is 8. The summed E-state index contributed by atoms with van der Waals surface area (Å²) in [6, 6.07) is 4.93. The first kappa shape index (κ1) is 16.9. The van der Waals surface area contributed by atoms with Gasteiger partial charge < -0.3 is 10.1 Å². The van der Waals surface area contributed by atoms with Gasteiger partial charge in [0, 0.05) is 29.5 Å². The molecule has 2 unspecified atom stereocenters. The smallest absolute Gasteiger partial charge is 0.0594 e. The lowest BCUT2D eigenvalue weighted by atomic mass is 9.84. The van der Waals surface area contributed by atoms with E-state index in [0.717, 1.165) is 39.3 Å². The normalized spacial score (nSPS) is 21.1. The number of nitrogens with one attached hydrogen (secondary N) is 1. The maximum Gasteiger partial charge on any atom is 0.0594 e. The summed E-state index contributed by atoms with van der Waals surface area (Å²) >= 11 is 1.87. The van der Waals surface area contributed by atoms with Crippen LogP contribution in [0, 0.1) is 0 Å². The van der Waals surface area contributed by atoms with Crippen LogP contribution >= 0.6 is 11.3 Å². The topological polar surface area (TPSA) is 24.5 Å². The van der Waals surface area contributed by atoms with Crippen molar-refractivity contribution in [2.45, 2.75) is 51.6 Å². The summed E-state index contributed by atoms with van der Waals surface area (Å²) in [5.41, 5.74) is 0.197. The van der Waals surface area contributed by atoms with E-state index >= 15 is 0 Å². The molecule has 1 aromatic rings. The average Bonchev–Trinajstić information content (AvgIpc) is 3.04. The fraction of sp³-hybridized carbons (Fsp3) is 0.765. The fourth-order valence-electron chi connectivity index (χ4n) is 3.22. The van der Waals surface area contributed by atoms with Gasteiger partial charge in [-0.1, -0.05) is 19.9 Å². The summed E-state index contributed by atoms with van der Waals surface area (Å²) < 4.78 is 5.55. The van der Waals surface area contributed by atoms with Gasteiger partial charge in [-0.15, -0.1) is 11.3 Å². The molecule has 0 spiro atoms. The lowest BCUT2D eigenvalue weighted by Crippen LogP contribution is -2.62. The van der Waals surface area contributed by atoms with Crippen molar-refractivity contribution in [3.63, 3.8) is 0 Å². The Morgan fingerprint density at radius 3 is 2.71 bits per heavy atom. The van der Waals surface area contributed by atoms with Crippen LogP contribution in [0.1, 0.15) is 38.5 Å². The third-order valence-corrected chi connectivity index (χ3v) is 5.72. The Labute approximate surface area is 133 Å². The number of hydrogen-bond acceptors (Lipinski definition) is 4. The molecule has 1 aliphatic heterocycles. The molecular formula is C17H30N2OS. The lowest BCUT2D eigenvalue weighted by molar-refractivity contribution is -0.0321. The molecule has 2 heterocycles. The summed E-state index contributed by atoms with van der Waals surface area (Å²) in [6.45, 7) is 11.9. The first-order valence-electron chi connectivity index (χ1n) is 8.29.